The van der Waals surface area contributed by atoms with E-state index in [2.05, 4.69) is 11.8 Å². The van der Waals surface area contributed by atoms with Crippen molar-refractivity contribution in [1.82, 2.24) is 4.90 Å². The van der Waals surface area contributed by atoms with Crippen LogP contribution in [0.3, 0.4) is 0 Å². The third-order valence-corrected chi connectivity index (χ3v) is 3.66. The van der Waals surface area contributed by atoms with Gasteiger partial charge in [0.25, 0.3) is 0 Å². The van der Waals surface area contributed by atoms with Gasteiger partial charge in [0.2, 0.25) is 0 Å². The lowest BCUT2D eigenvalue weighted by Gasteiger charge is -2.20. The van der Waals surface area contributed by atoms with Gasteiger partial charge in [-0.25, -0.2) is 4.39 Å². The molecule has 4 heteroatoms. The fourth-order valence-electron chi connectivity index (χ4n) is 1.49. The quantitative estimate of drug-likeness (QED) is 0.787. The maximum absolute atomic E-state index is 12.6. The summed E-state index contributed by atoms with van der Waals surface area (Å²) in [6, 6.07) is 6.14. The van der Waals surface area contributed by atoms with Crippen LogP contribution in [0.2, 0.25) is 0 Å². The minimum Gasteiger partial charge on any atom is -0.478 e. The van der Waals surface area contributed by atoms with E-state index in [1.165, 1.54) is 12.1 Å². The van der Waals surface area contributed by atoms with E-state index >= 15 is 0 Å². The van der Waals surface area contributed by atoms with Gasteiger partial charge in [0, 0.05) is 12.3 Å². The Kier molecular flexibility index (Phi) is 3.49. The van der Waals surface area contributed by atoms with Crippen LogP contribution in [0.25, 0.3) is 0 Å². The van der Waals surface area contributed by atoms with Gasteiger partial charge < -0.3 is 4.74 Å². The van der Waals surface area contributed by atoms with Crippen LogP contribution in [0.5, 0.6) is 5.75 Å². The molecular weight excluding hydrogens is 213 g/mol. The summed E-state index contributed by atoms with van der Waals surface area (Å²) in [6.07, 6.45) is 0. The standard InChI is InChI=1S/C11H14FNOS/c1-9-13(6-7-15-9)8-14-11-4-2-10(12)3-5-11/h2-5,9H,6-8H2,1H3. The van der Waals surface area contributed by atoms with Gasteiger partial charge in [-0.3, -0.25) is 4.90 Å². The zero-order chi connectivity index (χ0) is 10.7. The van der Waals surface area contributed by atoms with E-state index in [0.717, 1.165) is 18.0 Å². The fraction of sp³-hybridized carbons (Fsp3) is 0.455. The van der Waals surface area contributed by atoms with E-state index in [1.54, 1.807) is 12.1 Å². The van der Waals surface area contributed by atoms with Crippen molar-refractivity contribution in [3.63, 3.8) is 0 Å². The van der Waals surface area contributed by atoms with Crippen LogP contribution in [0, 0.1) is 5.82 Å². The topological polar surface area (TPSA) is 12.5 Å². The predicted octanol–water partition coefficient (Wildman–Crippen LogP) is 2.56. The van der Waals surface area contributed by atoms with Crippen LogP contribution in [-0.2, 0) is 0 Å². The van der Waals surface area contributed by atoms with E-state index in [9.17, 15) is 4.39 Å². The number of ether oxygens (including phenoxy) is 1. The van der Waals surface area contributed by atoms with E-state index in [-0.39, 0.29) is 5.82 Å². The highest BCUT2D eigenvalue weighted by Gasteiger charge is 2.20. The number of rotatable bonds is 3. The molecule has 1 atom stereocenters. The van der Waals surface area contributed by atoms with Crippen LogP contribution >= 0.6 is 11.8 Å². The summed E-state index contributed by atoms with van der Waals surface area (Å²) in [5, 5.41) is 0.519. The van der Waals surface area contributed by atoms with Crippen molar-refractivity contribution >= 4 is 11.8 Å². The summed E-state index contributed by atoms with van der Waals surface area (Å²) in [5.41, 5.74) is 0. The van der Waals surface area contributed by atoms with E-state index < -0.39 is 0 Å². The lowest BCUT2D eigenvalue weighted by molar-refractivity contribution is 0.135. The number of benzene rings is 1. The number of nitrogens with zero attached hydrogens (tertiary/aromatic N) is 1. The summed E-state index contributed by atoms with van der Waals surface area (Å²) in [5.74, 6) is 1.65. The highest BCUT2D eigenvalue weighted by atomic mass is 32.2. The minimum absolute atomic E-state index is 0.229. The van der Waals surface area contributed by atoms with Gasteiger partial charge in [-0.05, 0) is 31.2 Å². The Bertz CT molecular complexity index is 317. The smallest absolute Gasteiger partial charge is 0.142 e. The first-order valence-electron chi connectivity index (χ1n) is 5.00. The summed E-state index contributed by atoms with van der Waals surface area (Å²) < 4.78 is 18.2. The zero-order valence-corrected chi connectivity index (χ0v) is 9.47. The third kappa shape index (κ3) is 2.86. The molecule has 0 N–H and O–H groups in total. The SMILES string of the molecule is CC1SCCN1COc1ccc(F)cc1. The molecule has 15 heavy (non-hydrogen) atoms. The fourth-order valence-corrected chi connectivity index (χ4v) is 2.54. The second-order valence-corrected chi connectivity index (χ2v) is 4.93. The van der Waals surface area contributed by atoms with Crippen LogP contribution in [0.1, 0.15) is 6.92 Å². The van der Waals surface area contributed by atoms with Crippen molar-refractivity contribution in [1.29, 1.82) is 0 Å². The average molecular weight is 227 g/mol. The highest BCUT2D eigenvalue weighted by molar-refractivity contribution is 8.00. The van der Waals surface area contributed by atoms with Crippen molar-refractivity contribution in [3.8, 4) is 5.75 Å². The molecule has 0 spiro atoms. The molecule has 1 fully saturated rings. The van der Waals surface area contributed by atoms with Gasteiger partial charge in [0.1, 0.15) is 18.3 Å². The van der Waals surface area contributed by atoms with E-state index in [0.29, 0.717) is 12.1 Å². The summed E-state index contributed by atoms with van der Waals surface area (Å²) in [6.45, 7) is 3.82. The van der Waals surface area contributed by atoms with Gasteiger partial charge in [0.15, 0.2) is 0 Å². The Morgan fingerprint density at radius 3 is 2.80 bits per heavy atom. The number of hydrogen-bond donors (Lipinski definition) is 0. The molecule has 0 radical (unpaired) electrons. The Morgan fingerprint density at radius 2 is 2.20 bits per heavy atom. The largest absolute Gasteiger partial charge is 0.478 e. The van der Waals surface area contributed by atoms with Crippen molar-refractivity contribution in [2.45, 2.75) is 12.3 Å². The molecule has 1 unspecified atom stereocenters. The van der Waals surface area contributed by atoms with E-state index in [4.69, 9.17) is 4.74 Å². The number of halogens is 1. The summed E-state index contributed by atoms with van der Waals surface area (Å²) in [4.78, 5) is 2.26. The van der Waals surface area contributed by atoms with Crippen LogP contribution < -0.4 is 4.74 Å². The second-order valence-electron chi connectivity index (χ2n) is 3.51. The van der Waals surface area contributed by atoms with Crippen molar-refractivity contribution in [2.24, 2.45) is 0 Å². The van der Waals surface area contributed by atoms with Crippen molar-refractivity contribution in [2.75, 3.05) is 19.0 Å². The van der Waals surface area contributed by atoms with Crippen LogP contribution in [0.15, 0.2) is 24.3 Å². The number of thioether (sulfide) groups is 1. The minimum atomic E-state index is -0.229. The van der Waals surface area contributed by atoms with Gasteiger partial charge in [-0.1, -0.05) is 0 Å². The Labute approximate surface area is 93.4 Å². The van der Waals surface area contributed by atoms with Crippen LogP contribution in [-0.4, -0.2) is 29.3 Å². The molecule has 1 aliphatic heterocycles. The molecule has 2 nitrogen and oxygen atoms in total. The lowest BCUT2D eigenvalue weighted by atomic mass is 10.3. The Balaban J connectivity index is 1.85. The molecule has 0 aliphatic carbocycles. The molecule has 0 amide bonds. The molecule has 2 rings (SSSR count). The summed E-state index contributed by atoms with van der Waals surface area (Å²) in [7, 11) is 0. The lowest BCUT2D eigenvalue weighted by Crippen LogP contribution is -2.30. The molecule has 1 heterocycles. The molecule has 82 valence electrons. The van der Waals surface area contributed by atoms with Gasteiger partial charge in [-0.15, -0.1) is 11.8 Å². The normalized spacial score (nSPS) is 21.9. The first kappa shape index (κ1) is 10.8. The van der Waals surface area contributed by atoms with Crippen LogP contribution in [0.4, 0.5) is 4.39 Å². The van der Waals surface area contributed by atoms with Gasteiger partial charge >= 0.3 is 0 Å². The maximum Gasteiger partial charge on any atom is 0.142 e. The Hall–Kier alpha value is -0.740. The molecule has 1 saturated heterocycles. The molecule has 0 aromatic heterocycles. The molecule has 1 aromatic carbocycles. The highest BCUT2D eigenvalue weighted by Crippen LogP contribution is 2.23. The average Bonchev–Trinajstić information content (AvgIpc) is 2.63. The third-order valence-electron chi connectivity index (χ3n) is 2.46. The summed E-state index contributed by atoms with van der Waals surface area (Å²) >= 11 is 1.93. The van der Waals surface area contributed by atoms with Crippen molar-refractivity contribution < 1.29 is 9.13 Å². The molecule has 1 aliphatic rings. The molecule has 0 saturated carbocycles. The predicted molar refractivity (Wildman–Crippen MR) is 60.5 cm³/mol. The number of hydrogen-bond acceptors (Lipinski definition) is 3. The van der Waals surface area contributed by atoms with Gasteiger partial charge in [-0.2, -0.15) is 0 Å². The van der Waals surface area contributed by atoms with Crippen molar-refractivity contribution in [3.05, 3.63) is 30.1 Å². The maximum atomic E-state index is 12.6. The second kappa shape index (κ2) is 4.86. The molecular formula is C11H14FNOS. The van der Waals surface area contributed by atoms with Gasteiger partial charge in [0.05, 0.1) is 5.37 Å². The molecule has 1 aromatic rings. The Morgan fingerprint density at radius 1 is 1.47 bits per heavy atom. The first-order valence-corrected chi connectivity index (χ1v) is 6.04. The van der Waals surface area contributed by atoms with E-state index in [1.807, 2.05) is 11.8 Å². The zero-order valence-electron chi connectivity index (χ0n) is 8.65. The molecule has 0 bridgehead atoms. The first-order chi connectivity index (χ1) is 7.25. The monoisotopic (exact) mass is 227 g/mol.